The van der Waals surface area contributed by atoms with E-state index in [1.807, 2.05) is 0 Å². The Kier molecular flexibility index (Phi) is 6.52. The Morgan fingerprint density at radius 3 is 2.27 bits per heavy atom. The molecule has 3 rings (SSSR count). The van der Waals surface area contributed by atoms with E-state index in [0.29, 0.717) is 12.5 Å². The molecule has 1 aliphatic heterocycles. The third kappa shape index (κ3) is 4.56. The van der Waals surface area contributed by atoms with E-state index < -0.39 is 11.6 Å². The summed E-state index contributed by atoms with van der Waals surface area (Å²) < 4.78 is 44.5. The smallest absolute Gasteiger partial charge is 0.204 e. The first-order valence-corrected chi connectivity index (χ1v) is 9.61. The Bertz CT molecular complexity index is 636. The molecule has 1 aliphatic carbocycles. The van der Waals surface area contributed by atoms with E-state index in [4.69, 9.17) is 14.2 Å². The second kappa shape index (κ2) is 8.85. The Morgan fingerprint density at radius 2 is 1.69 bits per heavy atom. The Hall–Kier alpha value is -1.62. The largest absolute Gasteiger partial charge is 0.491 e. The molecule has 1 unspecified atom stereocenters. The highest BCUT2D eigenvalue weighted by molar-refractivity contribution is 5.35. The third-order valence-corrected chi connectivity index (χ3v) is 5.43. The lowest BCUT2D eigenvalue weighted by Gasteiger charge is -2.34. The molecule has 1 aromatic rings. The number of benzene rings is 1. The van der Waals surface area contributed by atoms with Gasteiger partial charge in [-0.1, -0.05) is 25.8 Å². The van der Waals surface area contributed by atoms with E-state index in [2.05, 4.69) is 13.0 Å². The lowest BCUT2D eigenvalue weighted by Crippen LogP contribution is -2.31. The van der Waals surface area contributed by atoms with Crippen LogP contribution in [0.5, 0.6) is 11.5 Å². The maximum Gasteiger partial charge on any atom is 0.204 e. The molecule has 2 aliphatic rings. The molecule has 1 fully saturated rings. The molecule has 1 aromatic carbocycles. The van der Waals surface area contributed by atoms with Crippen LogP contribution in [0, 0.1) is 23.5 Å². The van der Waals surface area contributed by atoms with Gasteiger partial charge < -0.3 is 14.2 Å². The van der Waals surface area contributed by atoms with Gasteiger partial charge in [-0.15, -0.1) is 0 Å². The topological polar surface area (TPSA) is 27.7 Å². The summed E-state index contributed by atoms with van der Waals surface area (Å²) in [5.74, 6) is -0.744. The third-order valence-electron chi connectivity index (χ3n) is 5.43. The van der Waals surface area contributed by atoms with Crippen molar-refractivity contribution in [1.82, 2.24) is 0 Å². The quantitative estimate of drug-likeness (QED) is 0.641. The SMILES string of the molecule is CCOc1ccc(OCC2=CCC(C3CCC(C)CC3)OC2)c(F)c1F. The summed E-state index contributed by atoms with van der Waals surface area (Å²) >= 11 is 0. The standard InChI is InChI=1S/C21H28F2O3/c1-3-24-18-10-11-19(21(23)20(18)22)26-13-15-6-9-17(25-12-15)16-7-4-14(2)5-8-16/h6,10-11,14,16-17H,3-5,7-9,12-13H2,1-2H3. The van der Waals surface area contributed by atoms with Gasteiger partial charge in [-0.2, -0.15) is 8.78 Å². The van der Waals surface area contributed by atoms with Gasteiger partial charge in [0.1, 0.15) is 6.61 Å². The van der Waals surface area contributed by atoms with Gasteiger partial charge in [-0.05, 0) is 55.7 Å². The lowest BCUT2D eigenvalue weighted by atomic mass is 9.79. The monoisotopic (exact) mass is 366 g/mol. The summed E-state index contributed by atoms with van der Waals surface area (Å²) in [6.45, 7) is 5.02. The molecule has 0 radical (unpaired) electrons. The molecule has 144 valence electrons. The van der Waals surface area contributed by atoms with E-state index in [-0.39, 0.29) is 30.8 Å². The van der Waals surface area contributed by atoms with E-state index in [1.165, 1.54) is 37.8 Å². The van der Waals surface area contributed by atoms with Gasteiger partial charge in [0.05, 0.1) is 19.3 Å². The first-order valence-electron chi connectivity index (χ1n) is 9.61. The zero-order valence-electron chi connectivity index (χ0n) is 15.6. The maximum absolute atomic E-state index is 14.0. The summed E-state index contributed by atoms with van der Waals surface area (Å²) in [7, 11) is 0. The Balaban J connectivity index is 1.52. The minimum atomic E-state index is -1.01. The minimum Gasteiger partial charge on any atom is -0.491 e. The first-order chi connectivity index (χ1) is 12.6. The molecule has 0 N–H and O–H groups in total. The molecule has 1 heterocycles. The van der Waals surface area contributed by atoms with Gasteiger partial charge in [-0.25, -0.2) is 0 Å². The number of halogens is 2. The van der Waals surface area contributed by atoms with Crippen LogP contribution in [-0.4, -0.2) is 25.9 Å². The lowest BCUT2D eigenvalue weighted by molar-refractivity contribution is -0.000466. The van der Waals surface area contributed by atoms with Crippen molar-refractivity contribution in [2.45, 2.75) is 52.1 Å². The number of hydrogen-bond donors (Lipinski definition) is 0. The molecule has 5 heteroatoms. The Labute approximate surface area is 154 Å². The number of hydrogen-bond acceptors (Lipinski definition) is 3. The zero-order chi connectivity index (χ0) is 18.5. The molecule has 0 spiro atoms. The van der Waals surface area contributed by atoms with Crippen LogP contribution < -0.4 is 9.47 Å². The van der Waals surface area contributed by atoms with Crippen molar-refractivity contribution in [3.63, 3.8) is 0 Å². The van der Waals surface area contributed by atoms with Crippen LogP contribution in [0.1, 0.15) is 46.0 Å². The van der Waals surface area contributed by atoms with Crippen molar-refractivity contribution in [3.05, 3.63) is 35.4 Å². The molecule has 1 saturated carbocycles. The average molecular weight is 366 g/mol. The predicted octanol–water partition coefficient (Wildman–Crippen LogP) is 5.28. The molecule has 0 saturated heterocycles. The highest BCUT2D eigenvalue weighted by Gasteiger charge is 2.28. The maximum atomic E-state index is 14.0. The van der Waals surface area contributed by atoms with Gasteiger partial charge in [0, 0.05) is 0 Å². The van der Waals surface area contributed by atoms with Crippen LogP contribution in [0.4, 0.5) is 8.78 Å². The van der Waals surface area contributed by atoms with Crippen molar-refractivity contribution >= 4 is 0 Å². The highest BCUT2D eigenvalue weighted by Crippen LogP contribution is 2.34. The fraction of sp³-hybridized carbons (Fsp3) is 0.619. The molecule has 0 amide bonds. The molecular formula is C21H28F2O3. The van der Waals surface area contributed by atoms with Crippen molar-refractivity contribution < 1.29 is 23.0 Å². The van der Waals surface area contributed by atoms with Crippen LogP contribution in [-0.2, 0) is 4.74 Å². The predicted molar refractivity (Wildman–Crippen MR) is 96.6 cm³/mol. The Morgan fingerprint density at radius 1 is 1.04 bits per heavy atom. The molecule has 26 heavy (non-hydrogen) atoms. The van der Waals surface area contributed by atoms with Crippen molar-refractivity contribution in [2.24, 2.45) is 11.8 Å². The van der Waals surface area contributed by atoms with E-state index in [9.17, 15) is 8.78 Å². The summed E-state index contributed by atoms with van der Waals surface area (Å²) in [6, 6.07) is 2.79. The molecule has 0 bridgehead atoms. The molecule has 1 atom stereocenters. The summed E-state index contributed by atoms with van der Waals surface area (Å²) in [5.41, 5.74) is 0.971. The first kappa shape index (κ1) is 19.2. The minimum absolute atomic E-state index is 0.0952. The summed E-state index contributed by atoms with van der Waals surface area (Å²) in [5, 5.41) is 0. The number of rotatable bonds is 6. The summed E-state index contributed by atoms with van der Waals surface area (Å²) in [4.78, 5) is 0. The highest BCUT2D eigenvalue weighted by atomic mass is 19.2. The van der Waals surface area contributed by atoms with Crippen molar-refractivity contribution in [1.29, 1.82) is 0 Å². The second-order valence-electron chi connectivity index (χ2n) is 7.38. The fourth-order valence-corrected chi connectivity index (χ4v) is 3.77. The zero-order valence-corrected chi connectivity index (χ0v) is 15.6. The van der Waals surface area contributed by atoms with E-state index >= 15 is 0 Å². The van der Waals surface area contributed by atoms with Crippen LogP contribution in [0.2, 0.25) is 0 Å². The average Bonchev–Trinajstić information content (AvgIpc) is 2.66. The van der Waals surface area contributed by atoms with E-state index in [0.717, 1.165) is 17.9 Å². The van der Waals surface area contributed by atoms with Gasteiger partial charge in [0.15, 0.2) is 11.5 Å². The van der Waals surface area contributed by atoms with Crippen LogP contribution >= 0.6 is 0 Å². The van der Waals surface area contributed by atoms with Gasteiger partial charge in [-0.3, -0.25) is 0 Å². The van der Waals surface area contributed by atoms with Crippen molar-refractivity contribution in [3.8, 4) is 11.5 Å². The normalized spacial score (nSPS) is 26.3. The molecular weight excluding hydrogens is 338 g/mol. The number of ether oxygens (including phenoxy) is 3. The van der Waals surface area contributed by atoms with Crippen molar-refractivity contribution in [2.75, 3.05) is 19.8 Å². The molecule has 0 aromatic heterocycles. The summed E-state index contributed by atoms with van der Waals surface area (Å²) in [6.07, 6.45) is 8.34. The second-order valence-corrected chi connectivity index (χ2v) is 7.38. The van der Waals surface area contributed by atoms with Crippen LogP contribution in [0.3, 0.4) is 0 Å². The van der Waals surface area contributed by atoms with Gasteiger partial charge in [0.25, 0.3) is 0 Å². The van der Waals surface area contributed by atoms with Crippen LogP contribution in [0.15, 0.2) is 23.8 Å². The van der Waals surface area contributed by atoms with Gasteiger partial charge >= 0.3 is 0 Å². The fourth-order valence-electron chi connectivity index (χ4n) is 3.77. The van der Waals surface area contributed by atoms with Gasteiger partial charge in [0.2, 0.25) is 11.6 Å². The van der Waals surface area contributed by atoms with E-state index in [1.54, 1.807) is 6.92 Å². The molecule has 3 nitrogen and oxygen atoms in total. The van der Waals surface area contributed by atoms with Crippen LogP contribution in [0.25, 0.3) is 0 Å².